The van der Waals surface area contributed by atoms with E-state index in [0.29, 0.717) is 18.2 Å². The van der Waals surface area contributed by atoms with Crippen LogP contribution < -0.4 is 5.73 Å². The first kappa shape index (κ1) is 15.2. The second-order valence-electron chi connectivity index (χ2n) is 3.68. The molecule has 106 valence electrons. The summed E-state index contributed by atoms with van der Waals surface area (Å²) in [5.41, 5.74) is 3.27. The molecule has 9 heteroatoms. The van der Waals surface area contributed by atoms with Gasteiger partial charge in [-0.15, -0.1) is 0 Å². The monoisotopic (exact) mass is 285 g/mol. The molecule has 0 unspecified atom stereocenters. The summed E-state index contributed by atoms with van der Waals surface area (Å²) in [5, 5.41) is 17.7. The smallest absolute Gasteiger partial charge is 0.455 e. The summed E-state index contributed by atoms with van der Waals surface area (Å²) < 4.78 is 62.3. The predicted molar refractivity (Wildman–Crippen MR) is 53.0 cm³/mol. The minimum atomic E-state index is -5.87. The molecule has 0 saturated carbocycles. The van der Waals surface area contributed by atoms with Gasteiger partial charge in [0.2, 0.25) is 0 Å². The highest BCUT2D eigenvalue weighted by molar-refractivity contribution is 5.91. The predicted octanol–water partition coefficient (Wildman–Crippen LogP) is 2.29. The minimum Gasteiger partial charge on any atom is -0.507 e. The van der Waals surface area contributed by atoms with Crippen molar-refractivity contribution in [3.63, 3.8) is 0 Å². The largest absolute Gasteiger partial charge is 0.507 e. The van der Waals surface area contributed by atoms with Crippen molar-refractivity contribution in [1.29, 1.82) is 0 Å². The molecule has 1 aromatic carbocycles. The van der Waals surface area contributed by atoms with Gasteiger partial charge in [0, 0.05) is 0 Å². The van der Waals surface area contributed by atoms with E-state index in [4.69, 9.17) is 15.9 Å². The molecule has 0 aliphatic carbocycles. The Bertz CT molecular complexity index is 500. The highest BCUT2D eigenvalue weighted by atomic mass is 19.4. The van der Waals surface area contributed by atoms with E-state index in [1.165, 1.54) is 0 Å². The Morgan fingerprint density at radius 2 is 1.74 bits per heavy atom. The summed E-state index contributed by atoms with van der Waals surface area (Å²) in [7, 11) is 0. The number of carbonyl (C=O) groups is 1. The summed E-state index contributed by atoms with van der Waals surface area (Å²) in [4.78, 5) is 10.6. The van der Waals surface area contributed by atoms with E-state index in [1.54, 1.807) is 0 Å². The number of aromatic hydroxyl groups is 1. The van der Waals surface area contributed by atoms with Crippen LogP contribution in [0.4, 0.5) is 22.0 Å². The number of carboxylic acids is 1. The Balaban J connectivity index is 3.25. The number of aromatic carboxylic acids is 1. The molecule has 0 amide bonds. The average Bonchev–Trinajstić information content (AvgIpc) is 2.26. The zero-order valence-electron chi connectivity index (χ0n) is 9.08. The van der Waals surface area contributed by atoms with E-state index < -0.39 is 41.0 Å². The fourth-order valence-electron chi connectivity index (χ4n) is 1.30. The second kappa shape index (κ2) is 4.65. The van der Waals surface area contributed by atoms with Gasteiger partial charge in [0.1, 0.15) is 17.4 Å². The first-order chi connectivity index (χ1) is 8.48. The van der Waals surface area contributed by atoms with Gasteiger partial charge in [0.15, 0.2) is 0 Å². The number of halogens is 5. The number of hydrogen-bond acceptors (Lipinski definition) is 3. The molecule has 1 atom stereocenters. The Kier molecular flexibility index (Phi) is 3.71. The van der Waals surface area contributed by atoms with E-state index in [9.17, 15) is 26.7 Å². The molecule has 0 radical (unpaired) electrons. The normalized spacial score (nSPS) is 14.2. The van der Waals surface area contributed by atoms with Crippen LogP contribution in [0.5, 0.6) is 5.75 Å². The third-order valence-electron chi connectivity index (χ3n) is 2.38. The zero-order valence-corrected chi connectivity index (χ0v) is 9.08. The van der Waals surface area contributed by atoms with Gasteiger partial charge in [0.25, 0.3) is 0 Å². The molecular weight excluding hydrogens is 277 g/mol. The van der Waals surface area contributed by atoms with Crippen LogP contribution in [-0.4, -0.2) is 28.3 Å². The van der Waals surface area contributed by atoms with Gasteiger partial charge in [-0.05, 0) is 17.7 Å². The summed E-state index contributed by atoms with van der Waals surface area (Å²) >= 11 is 0. The quantitative estimate of drug-likeness (QED) is 0.744. The van der Waals surface area contributed by atoms with Crippen molar-refractivity contribution in [2.75, 3.05) is 0 Å². The molecule has 0 aliphatic heterocycles. The van der Waals surface area contributed by atoms with E-state index in [-0.39, 0.29) is 0 Å². The van der Waals surface area contributed by atoms with Crippen LogP contribution in [0, 0.1) is 0 Å². The molecule has 4 nitrogen and oxygen atoms in total. The van der Waals surface area contributed by atoms with Crippen LogP contribution in [-0.2, 0) is 0 Å². The minimum absolute atomic E-state index is 0.474. The molecule has 0 aromatic heterocycles. The molecule has 0 fully saturated rings. The lowest BCUT2D eigenvalue weighted by atomic mass is 9.98. The number of hydrogen-bond donors (Lipinski definition) is 3. The Morgan fingerprint density at radius 3 is 2.16 bits per heavy atom. The third kappa shape index (κ3) is 2.75. The number of carboxylic acid groups (broad SMARTS) is 1. The number of rotatable bonds is 3. The van der Waals surface area contributed by atoms with Crippen LogP contribution in [0.15, 0.2) is 18.2 Å². The Morgan fingerprint density at radius 1 is 1.21 bits per heavy atom. The number of phenols is 1. The van der Waals surface area contributed by atoms with Gasteiger partial charge in [0.05, 0.1) is 0 Å². The topological polar surface area (TPSA) is 83.5 Å². The first-order valence-corrected chi connectivity index (χ1v) is 4.74. The molecule has 0 aliphatic rings. The highest BCUT2D eigenvalue weighted by Gasteiger charge is 2.61. The molecule has 0 bridgehead atoms. The average molecular weight is 285 g/mol. The molecule has 1 aromatic rings. The van der Waals surface area contributed by atoms with Crippen molar-refractivity contribution in [2.24, 2.45) is 5.73 Å². The van der Waals surface area contributed by atoms with Crippen molar-refractivity contribution < 1.29 is 37.0 Å². The Hall–Kier alpha value is -1.90. The van der Waals surface area contributed by atoms with Gasteiger partial charge >= 0.3 is 18.1 Å². The van der Waals surface area contributed by atoms with Gasteiger partial charge < -0.3 is 15.9 Å². The standard InChI is InChI=1S/C10H8F5NO3/c11-9(12,10(13,14)15)7(16)4-1-2-6(17)5(3-4)8(18)19/h1-3,7,17H,16H2,(H,18,19)/t7-/m1/s1. The SMILES string of the molecule is N[C@H](c1ccc(O)c(C(=O)O)c1)C(F)(F)C(F)(F)F. The summed E-state index contributed by atoms with van der Waals surface area (Å²) in [5.74, 6) is -7.67. The van der Waals surface area contributed by atoms with Gasteiger partial charge in [-0.2, -0.15) is 22.0 Å². The van der Waals surface area contributed by atoms with Crippen molar-refractivity contribution >= 4 is 5.97 Å². The maximum Gasteiger partial charge on any atom is 0.455 e. The van der Waals surface area contributed by atoms with Crippen LogP contribution in [0.2, 0.25) is 0 Å². The molecule has 19 heavy (non-hydrogen) atoms. The highest BCUT2D eigenvalue weighted by Crippen LogP contribution is 2.43. The van der Waals surface area contributed by atoms with Crippen LogP contribution >= 0.6 is 0 Å². The van der Waals surface area contributed by atoms with Crippen LogP contribution in [0.3, 0.4) is 0 Å². The first-order valence-electron chi connectivity index (χ1n) is 4.74. The van der Waals surface area contributed by atoms with Gasteiger partial charge in [-0.3, -0.25) is 0 Å². The number of alkyl halides is 5. The summed E-state index contributed by atoms with van der Waals surface area (Å²) in [6.07, 6.45) is -5.87. The third-order valence-corrected chi connectivity index (χ3v) is 2.38. The van der Waals surface area contributed by atoms with E-state index in [0.717, 1.165) is 0 Å². The van der Waals surface area contributed by atoms with E-state index >= 15 is 0 Å². The zero-order chi connectivity index (χ0) is 15.0. The lowest BCUT2D eigenvalue weighted by Crippen LogP contribution is -2.45. The fraction of sp³-hybridized carbons (Fsp3) is 0.300. The maximum atomic E-state index is 13.0. The van der Waals surface area contributed by atoms with Crippen molar-refractivity contribution in [2.45, 2.75) is 18.1 Å². The van der Waals surface area contributed by atoms with Crippen LogP contribution in [0.25, 0.3) is 0 Å². The molecule has 0 saturated heterocycles. The molecular formula is C10H8F5NO3. The number of benzene rings is 1. The summed E-state index contributed by atoms with van der Waals surface area (Å²) in [6, 6.07) is -0.912. The Labute approximate surface area is 103 Å². The van der Waals surface area contributed by atoms with E-state index in [2.05, 4.69) is 0 Å². The molecule has 4 N–H and O–H groups in total. The van der Waals surface area contributed by atoms with Crippen molar-refractivity contribution in [3.05, 3.63) is 29.3 Å². The van der Waals surface area contributed by atoms with E-state index in [1.807, 2.05) is 0 Å². The lowest BCUT2D eigenvalue weighted by Gasteiger charge is -2.26. The second-order valence-corrected chi connectivity index (χ2v) is 3.68. The van der Waals surface area contributed by atoms with Crippen molar-refractivity contribution in [3.8, 4) is 5.75 Å². The van der Waals surface area contributed by atoms with Crippen LogP contribution in [0.1, 0.15) is 22.0 Å². The number of nitrogens with two attached hydrogens (primary N) is 1. The molecule has 0 heterocycles. The molecule has 1 rings (SSSR count). The maximum absolute atomic E-state index is 13.0. The summed E-state index contributed by atoms with van der Waals surface area (Å²) in [6.45, 7) is 0. The van der Waals surface area contributed by atoms with Gasteiger partial charge in [-0.1, -0.05) is 6.07 Å². The lowest BCUT2D eigenvalue weighted by molar-refractivity contribution is -0.291. The van der Waals surface area contributed by atoms with Crippen molar-refractivity contribution in [1.82, 2.24) is 0 Å². The van der Waals surface area contributed by atoms with Gasteiger partial charge in [-0.25, -0.2) is 4.79 Å². The molecule has 0 spiro atoms. The fourth-order valence-corrected chi connectivity index (χ4v) is 1.30.